The molecule has 0 spiro atoms. The number of H-pyrrole nitrogens is 1. The van der Waals surface area contributed by atoms with Crippen molar-refractivity contribution in [3.8, 4) is 0 Å². The molecule has 0 bridgehead atoms. The van der Waals surface area contributed by atoms with Crippen LogP contribution < -0.4 is 16.4 Å². The summed E-state index contributed by atoms with van der Waals surface area (Å²) in [5.74, 6) is -3.07. The lowest BCUT2D eigenvalue weighted by molar-refractivity contribution is -0.145. The van der Waals surface area contributed by atoms with Gasteiger partial charge in [0.05, 0.1) is 19.0 Å². The highest BCUT2D eigenvalue weighted by atomic mass is 16.4. The first-order valence-electron chi connectivity index (χ1n) is 9.22. The lowest BCUT2D eigenvalue weighted by Gasteiger charge is -2.29. The van der Waals surface area contributed by atoms with E-state index in [4.69, 9.17) is 5.73 Å². The predicted octanol–water partition coefficient (Wildman–Crippen LogP) is -2.66. The number of nitrogens with zero attached hydrogens (tertiary/aromatic N) is 2. The number of aromatic nitrogens is 2. The Balaban J connectivity index is 2.05. The maximum atomic E-state index is 12.7. The van der Waals surface area contributed by atoms with E-state index in [1.807, 2.05) is 0 Å². The molecule has 7 N–H and O–H groups in total. The van der Waals surface area contributed by atoms with Crippen molar-refractivity contribution in [1.29, 1.82) is 0 Å². The Morgan fingerprint density at radius 2 is 2.07 bits per heavy atom. The lowest BCUT2D eigenvalue weighted by atomic mass is 10.1. The number of likely N-dealkylation sites (tertiary alicyclic amines) is 1. The highest BCUT2D eigenvalue weighted by Crippen LogP contribution is 2.19. The van der Waals surface area contributed by atoms with Crippen LogP contribution in [0.3, 0.4) is 0 Å². The molecule has 2 rings (SSSR count). The number of hydrogen-bond donors (Lipinski definition) is 6. The molecule has 0 aliphatic carbocycles. The van der Waals surface area contributed by atoms with E-state index < -0.39 is 54.5 Å². The van der Waals surface area contributed by atoms with Gasteiger partial charge in [0.25, 0.3) is 0 Å². The van der Waals surface area contributed by atoms with Crippen LogP contribution in [-0.2, 0) is 25.6 Å². The molecule has 1 aliphatic heterocycles. The van der Waals surface area contributed by atoms with E-state index in [1.165, 1.54) is 24.3 Å². The molecule has 1 fully saturated rings. The van der Waals surface area contributed by atoms with Crippen molar-refractivity contribution in [3.63, 3.8) is 0 Å². The fourth-order valence-corrected chi connectivity index (χ4v) is 3.08. The number of aliphatic hydroxyl groups is 1. The average Bonchev–Trinajstić information content (AvgIpc) is 3.36. The zero-order valence-corrected chi connectivity index (χ0v) is 16.0. The van der Waals surface area contributed by atoms with Gasteiger partial charge in [0.1, 0.15) is 18.1 Å². The predicted molar refractivity (Wildman–Crippen MR) is 99.3 cm³/mol. The Bertz CT molecular complexity index is 737. The van der Waals surface area contributed by atoms with Gasteiger partial charge in [-0.15, -0.1) is 0 Å². The monoisotopic (exact) mass is 410 g/mol. The fourth-order valence-electron chi connectivity index (χ4n) is 3.08. The van der Waals surface area contributed by atoms with Crippen LogP contribution in [0.4, 0.5) is 0 Å². The van der Waals surface area contributed by atoms with Gasteiger partial charge >= 0.3 is 5.97 Å². The third-order valence-electron chi connectivity index (χ3n) is 4.64. The Morgan fingerprint density at radius 3 is 2.62 bits per heavy atom. The molecule has 1 aromatic heterocycles. The normalized spacial score (nSPS) is 19.3. The van der Waals surface area contributed by atoms with Gasteiger partial charge in [-0.2, -0.15) is 0 Å². The van der Waals surface area contributed by atoms with Crippen molar-refractivity contribution in [1.82, 2.24) is 25.5 Å². The summed E-state index contributed by atoms with van der Waals surface area (Å²) in [6, 6.07) is -4.20. The van der Waals surface area contributed by atoms with E-state index in [2.05, 4.69) is 20.6 Å². The van der Waals surface area contributed by atoms with Gasteiger partial charge < -0.3 is 36.5 Å². The number of carbonyl (C=O) groups is 4. The summed E-state index contributed by atoms with van der Waals surface area (Å²) in [5.41, 5.74) is 6.00. The summed E-state index contributed by atoms with van der Waals surface area (Å²) in [5, 5.41) is 23.7. The molecule has 1 aliphatic rings. The summed E-state index contributed by atoms with van der Waals surface area (Å²) < 4.78 is 0. The van der Waals surface area contributed by atoms with Crippen molar-refractivity contribution in [2.45, 2.75) is 50.4 Å². The average molecular weight is 410 g/mol. The number of hydrogen-bond acceptors (Lipinski definition) is 7. The zero-order valence-electron chi connectivity index (χ0n) is 16.0. The Morgan fingerprint density at radius 1 is 1.34 bits per heavy atom. The molecule has 3 amide bonds. The zero-order chi connectivity index (χ0) is 21.6. The molecular formula is C17H26N6O6. The second-order valence-electron chi connectivity index (χ2n) is 6.90. The van der Waals surface area contributed by atoms with E-state index in [0.717, 1.165) is 0 Å². The molecule has 160 valence electrons. The van der Waals surface area contributed by atoms with E-state index in [9.17, 15) is 29.4 Å². The Hall–Kier alpha value is -2.99. The number of rotatable bonds is 9. The first-order chi connectivity index (χ1) is 13.7. The van der Waals surface area contributed by atoms with Crippen LogP contribution in [-0.4, -0.2) is 86.1 Å². The van der Waals surface area contributed by atoms with E-state index in [0.29, 0.717) is 18.5 Å². The second-order valence-corrected chi connectivity index (χ2v) is 6.90. The summed E-state index contributed by atoms with van der Waals surface area (Å²) >= 11 is 0. The van der Waals surface area contributed by atoms with E-state index in [1.54, 1.807) is 0 Å². The third-order valence-corrected chi connectivity index (χ3v) is 4.64. The molecule has 4 unspecified atom stereocenters. The van der Waals surface area contributed by atoms with Crippen LogP contribution in [0, 0.1) is 0 Å². The van der Waals surface area contributed by atoms with Crippen LogP contribution in [0.15, 0.2) is 12.5 Å². The van der Waals surface area contributed by atoms with E-state index in [-0.39, 0.29) is 13.0 Å². The van der Waals surface area contributed by atoms with Crippen molar-refractivity contribution < 1.29 is 29.4 Å². The third kappa shape index (κ3) is 5.74. The SMILES string of the molecule is CC(N)C(=O)NC(CO)C(=O)N1CCCC1C(=O)NC(Cc1cnc[nH]1)C(=O)O. The van der Waals surface area contributed by atoms with Crippen molar-refractivity contribution in [2.24, 2.45) is 5.73 Å². The lowest BCUT2D eigenvalue weighted by Crippen LogP contribution is -2.57. The fraction of sp³-hybridized carbons (Fsp3) is 0.588. The number of nitrogens with two attached hydrogens (primary N) is 1. The van der Waals surface area contributed by atoms with Gasteiger partial charge in [0, 0.05) is 24.9 Å². The molecule has 29 heavy (non-hydrogen) atoms. The van der Waals surface area contributed by atoms with Crippen molar-refractivity contribution in [3.05, 3.63) is 18.2 Å². The van der Waals surface area contributed by atoms with E-state index >= 15 is 0 Å². The van der Waals surface area contributed by atoms with Crippen LogP contribution in [0.25, 0.3) is 0 Å². The molecule has 0 saturated carbocycles. The van der Waals surface area contributed by atoms with Gasteiger partial charge in [-0.3, -0.25) is 14.4 Å². The minimum atomic E-state index is -1.23. The topological polar surface area (TPSA) is 191 Å². The molecule has 2 heterocycles. The number of nitrogens with one attached hydrogen (secondary N) is 3. The first kappa shape index (κ1) is 22.3. The Kier molecular flexibility index (Phi) is 7.67. The number of aliphatic hydroxyl groups excluding tert-OH is 1. The van der Waals surface area contributed by atoms with Crippen LogP contribution in [0.2, 0.25) is 0 Å². The molecule has 0 aromatic carbocycles. The van der Waals surface area contributed by atoms with Crippen LogP contribution in [0.1, 0.15) is 25.5 Å². The summed E-state index contributed by atoms with van der Waals surface area (Å²) in [6.07, 6.45) is 3.74. The smallest absolute Gasteiger partial charge is 0.326 e. The van der Waals surface area contributed by atoms with Crippen LogP contribution in [0.5, 0.6) is 0 Å². The molecular weight excluding hydrogens is 384 g/mol. The number of amides is 3. The molecule has 0 radical (unpaired) electrons. The number of carboxylic acids is 1. The number of carbonyl (C=O) groups excluding carboxylic acids is 3. The summed E-state index contributed by atoms with van der Waals surface area (Å²) in [4.78, 5) is 56.5. The highest BCUT2D eigenvalue weighted by molar-refractivity contribution is 5.94. The number of aromatic amines is 1. The van der Waals surface area contributed by atoms with Crippen LogP contribution >= 0.6 is 0 Å². The minimum Gasteiger partial charge on any atom is -0.480 e. The van der Waals surface area contributed by atoms with Crippen molar-refractivity contribution in [2.75, 3.05) is 13.2 Å². The summed E-state index contributed by atoms with van der Waals surface area (Å²) in [7, 11) is 0. The number of carboxylic acid groups (broad SMARTS) is 1. The molecule has 12 heteroatoms. The molecule has 1 saturated heterocycles. The minimum absolute atomic E-state index is 0.00541. The van der Waals surface area contributed by atoms with Crippen molar-refractivity contribution >= 4 is 23.7 Å². The quantitative estimate of drug-likeness (QED) is 0.254. The van der Waals surface area contributed by atoms with Gasteiger partial charge in [-0.05, 0) is 19.8 Å². The Labute approximate surface area is 166 Å². The second kappa shape index (κ2) is 9.98. The number of imidazole rings is 1. The first-order valence-corrected chi connectivity index (χ1v) is 9.22. The molecule has 4 atom stereocenters. The summed E-state index contributed by atoms with van der Waals surface area (Å²) in [6.45, 7) is 1.03. The standard InChI is InChI=1S/C17H26N6O6/c1-9(18)14(25)22-12(7-24)16(27)23-4-2-3-13(23)15(26)21-11(17(28)29)5-10-6-19-8-20-10/h6,8-9,11-13,24H,2-5,7,18H2,1H3,(H,19,20)(H,21,26)(H,22,25)(H,28,29). The van der Waals surface area contributed by atoms with Gasteiger partial charge in [0.2, 0.25) is 17.7 Å². The maximum Gasteiger partial charge on any atom is 0.326 e. The number of aliphatic carboxylic acids is 1. The molecule has 1 aromatic rings. The molecule has 12 nitrogen and oxygen atoms in total. The largest absolute Gasteiger partial charge is 0.480 e. The maximum absolute atomic E-state index is 12.7. The highest BCUT2D eigenvalue weighted by Gasteiger charge is 2.38. The van der Waals surface area contributed by atoms with Gasteiger partial charge in [-0.25, -0.2) is 9.78 Å². The van der Waals surface area contributed by atoms with Gasteiger partial charge in [-0.1, -0.05) is 0 Å². The van der Waals surface area contributed by atoms with Gasteiger partial charge in [0.15, 0.2) is 0 Å².